The van der Waals surface area contributed by atoms with Gasteiger partial charge in [0.05, 0.1) is 7.11 Å². The Morgan fingerprint density at radius 1 is 1.13 bits per heavy atom. The Morgan fingerprint density at radius 2 is 1.84 bits per heavy atom. The molecule has 4 rings (SSSR count). The van der Waals surface area contributed by atoms with Gasteiger partial charge in [-0.1, -0.05) is 0 Å². The van der Waals surface area contributed by atoms with Crippen molar-refractivity contribution in [2.24, 2.45) is 5.73 Å². The molecular formula is C25H26N8O5. The van der Waals surface area contributed by atoms with Crippen LogP contribution in [0.1, 0.15) is 29.9 Å². The summed E-state index contributed by atoms with van der Waals surface area (Å²) in [6.07, 6.45) is 3.02. The minimum atomic E-state index is -0.679. The quantitative estimate of drug-likeness (QED) is 0.0988. The molecule has 0 aliphatic carbocycles. The molecule has 0 aliphatic rings. The molecule has 0 radical (unpaired) electrons. The number of anilines is 1. The smallest absolute Gasteiger partial charge is 0.350 e. The molecule has 2 aromatic heterocycles. The fourth-order valence-electron chi connectivity index (χ4n) is 3.54. The van der Waals surface area contributed by atoms with Crippen LogP contribution in [-0.4, -0.2) is 56.9 Å². The summed E-state index contributed by atoms with van der Waals surface area (Å²) >= 11 is 0. The van der Waals surface area contributed by atoms with E-state index in [1.54, 1.807) is 48.5 Å². The number of rotatable bonds is 11. The lowest BCUT2D eigenvalue weighted by molar-refractivity contribution is -0.141. The number of nitrogens with zero attached hydrogens (tertiary/aromatic N) is 4. The van der Waals surface area contributed by atoms with Crippen LogP contribution < -0.4 is 26.2 Å². The predicted molar refractivity (Wildman–Crippen MR) is 138 cm³/mol. The first kappa shape index (κ1) is 25.9. The second-order valence-electron chi connectivity index (χ2n) is 7.97. The Bertz CT molecular complexity index is 1470. The van der Waals surface area contributed by atoms with E-state index in [-0.39, 0.29) is 30.8 Å². The molecule has 0 aliphatic heterocycles. The number of nitrogen functional groups attached to an aromatic ring is 1. The van der Waals surface area contributed by atoms with Gasteiger partial charge >= 0.3 is 11.7 Å². The van der Waals surface area contributed by atoms with Crippen LogP contribution >= 0.6 is 0 Å². The summed E-state index contributed by atoms with van der Waals surface area (Å²) < 4.78 is 17.2. The highest BCUT2D eigenvalue weighted by Crippen LogP contribution is 2.31. The van der Waals surface area contributed by atoms with Crippen LogP contribution in [0.4, 0.5) is 5.69 Å². The molecule has 2 aromatic carbocycles. The zero-order valence-electron chi connectivity index (χ0n) is 20.7. The van der Waals surface area contributed by atoms with Gasteiger partial charge in [-0.15, -0.1) is 9.78 Å². The van der Waals surface area contributed by atoms with Crippen molar-refractivity contribution in [3.05, 3.63) is 88.4 Å². The fourth-order valence-corrected chi connectivity index (χ4v) is 3.54. The first-order valence-electron chi connectivity index (χ1n) is 11.5. The van der Waals surface area contributed by atoms with Gasteiger partial charge in [-0.3, -0.25) is 15.2 Å². The number of carbonyl (C=O) groups is 1. The van der Waals surface area contributed by atoms with Crippen LogP contribution in [0.15, 0.2) is 65.7 Å². The number of nitrogens with two attached hydrogens (primary N) is 1. The number of ether oxygens (including phenoxy) is 3. The zero-order chi connectivity index (χ0) is 27.1. The van der Waals surface area contributed by atoms with Gasteiger partial charge in [0, 0.05) is 36.6 Å². The number of aromatic nitrogens is 5. The van der Waals surface area contributed by atoms with Crippen molar-refractivity contribution >= 4 is 17.5 Å². The van der Waals surface area contributed by atoms with Gasteiger partial charge in [0.1, 0.15) is 36.6 Å². The highest BCUT2D eigenvalue weighted by atomic mass is 16.6. The lowest BCUT2D eigenvalue weighted by Gasteiger charge is -2.20. The van der Waals surface area contributed by atoms with Gasteiger partial charge in [-0.25, -0.2) is 14.8 Å². The summed E-state index contributed by atoms with van der Waals surface area (Å²) in [5.74, 6) is 0.890. The van der Waals surface area contributed by atoms with Crippen molar-refractivity contribution < 1.29 is 19.0 Å². The normalized spacial score (nSPS) is 11.4. The number of nitrogens with one attached hydrogen (secondary N) is 3. The number of benzene rings is 2. The highest BCUT2D eigenvalue weighted by Gasteiger charge is 2.22. The van der Waals surface area contributed by atoms with Gasteiger partial charge < -0.3 is 25.3 Å². The van der Waals surface area contributed by atoms with Crippen LogP contribution in [0.3, 0.4) is 0 Å². The average Bonchev–Trinajstić information content (AvgIpc) is 3.31. The number of esters is 1. The Hall–Kier alpha value is -5.20. The van der Waals surface area contributed by atoms with Gasteiger partial charge in [0.15, 0.2) is 5.82 Å². The van der Waals surface area contributed by atoms with Crippen LogP contribution in [0.25, 0.3) is 5.95 Å². The maximum absolute atomic E-state index is 12.8. The molecule has 2 heterocycles. The Labute approximate surface area is 217 Å². The first-order chi connectivity index (χ1) is 18.3. The number of amidine groups is 1. The topological polar surface area (TPSA) is 183 Å². The van der Waals surface area contributed by atoms with Crippen LogP contribution in [0, 0.1) is 5.41 Å². The molecule has 196 valence electrons. The van der Waals surface area contributed by atoms with Gasteiger partial charge in [-0.2, -0.15) is 0 Å². The zero-order valence-corrected chi connectivity index (χ0v) is 20.7. The van der Waals surface area contributed by atoms with E-state index in [4.69, 9.17) is 25.4 Å². The minimum Gasteiger partial charge on any atom is -0.497 e. The van der Waals surface area contributed by atoms with Crippen LogP contribution in [0.2, 0.25) is 0 Å². The Morgan fingerprint density at radius 3 is 2.50 bits per heavy atom. The van der Waals surface area contributed by atoms with E-state index in [1.165, 1.54) is 26.4 Å². The van der Waals surface area contributed by atoms with Gasteiger partial charge in [-0.05, 0) is 48.0 Å². The first-order valence-corrected chi connectivity index (χ1v) is 11.5. The summed E-state index contributed by atoms with van der Waals surface area (Å²) in [5, 5.41) is 15.4. The Kier molecular flexibility index (Phi) is 7.96. The summed E-state index contributed by atoms with van der Waals surface area (Å²) in [6, 6.07) is 13.1. The molecule has 1 atom stereocenters. The third-order valence-corrected chi connectivity index (χ3v) is 5.29. The van der Waals surface area contributed by atoms with E-state index < -0.39 is 17.7 Å². The molecule has 4 aromatic rings. The number of H-pyrrole nitrogens is 1. The van der Waals surface area contributed by atoms with E-state index in [9.17, 15) is 9.59 Å². The lowest BCUT2D eigenvalue weighted by atomic mass is 10.0. The highest BCUT2D eigenvalue weighted by molar-refractivity contribution is 5.95. The summed E-state index contributed by atoms with van der Waals surface area (Å²) in [4.78, 5) is 34.8. The van der Waals surface area contributed by atoms with Crippen molar-refractivity contribution in [2.45, 2.75) is 13.0 Å². The number of hydrogen-bond donors (Lipinski definition) is 4. The predicted octanol–water partition coefficient (Wildman–Crippen LogP) is 1.79. The molecule has 0 fully saturated rings. The van der Waals surface area contributed by atoms with Crippen molar-refractivity contribution in [1.29, 1.82) is 5.41 Å². The van der Waals surface area contributed by atoms with E-state index in [0.717, 1.165) is 4.68 Å². The van der Waals surface area contributed by atoms with Crippen molar-refractivity contribution in [2.75, 3.05) is 25.6 Å². The summed E-state index contributed by atoms with van der Waals surface area (Å²) in [7, 11) is 1.52. The third-order valence-electron chi connectivity index (χ3n) is 5.29. The molecule has 0 saturated carbocycles. The molecule has 0 amide bonds. The van der Waals surface area contributed by atoms with E-state index in [1.807, 2.05) is 0 Å². The second kappa shape index (κ2) is 11.7. The molecule has 38 heavy (non-hydrogen) atoms. The lowest BCUT2D eigenvalue weighted by Crippen LogP contribution is -2.18. The van der Waals surface area contributed by atoms with E-state index in [2.05, 4.69) is 25.4 Å². The Balaban J connectivity index is 1.73. The SMILES string of the molecule is COc1cc(OCCOC(C)=O)cc([C@H](Nc2ccc(C(=N)N)cc2)c2nn(-c3ncccn3)c(=O)[nH]2)c1. The maximum Gasteiger partial charge on any atom is 0.350 e. The molecule has 0 bridgehead atoms. The number of aromatic amines is 1. The third kappa shape index (κ3) is 6.32. The average molecular weight is 519 g/mol. The number of hydrogen-bond acceptors (Lipinski definition) is 10. The van der Waals surface area contributed by atoms with Crippen molar-refractivity contribution in [3.8, 4) is 17.4 Å². The van der Waals surface area contributed by atoms with Crippen LogP contribution in [-0.2, 0) is 9.53 Å². The summed E-state index contributed by atoms with van der Waals surface area (Å²) in [5.41, 5.74) is 6.95. The fraction of sp³-hybridized carbons (Fsp3) is 0.200. The number of methoxy groups -OCH3 is 1. The van der Waals surface area contributed by atoms with Crippen LogP contribution in [0.5, 0.6) is 11.5 Å². The van der Waals surface area contributed by atoms with E-state index in [0.29, 0.717) is 28.3 Å². The largest absolute Gasteiger partial charge is 0.497 e. The molecule has 13 nitrogen and oxygen atoms in total. The maximum atomic E-state index is 12.8. The minimum absolute atomic E-state index is 0.0534. The monoisotopic (exact) mass is 518 g/mol. The van der Waals surface area contributed by atoms with Crippen molar-refractivity contribution in [1.82, 2.24) is 24.7 Å². The molecule has 5 N–H and O–H groups in total. The van der Waals surface area contributed by atoms with Crippen molar-refractivity contribution in [3.63, 3.8) is 0 Å². The second-order valence-corrected chi connectivity index (χ2v) is 7.97. The molecule has 0 spiro atoms. The molecule has 0 saturated heterocycles. The molecular weight excluding hydrogens is 492 g/mol. The molecule has 13 heteroatoms. The number of carbonyl (C=O) groups excluding carboxylic acids is 1. The standard InChI is InChI=1S/C25H26N8O5/c1-15(34)37-10-11-38-20-13-17(12-19(14-20)36-2)21(30-18-6-4-16(5-7-18)22(26)27)23-31-25(35)33(32-23)24-28-8-3-9-29-24/h3-9,12-14,21,30H,10-11H2,1-2H3,(H3,26,27)(H,31,32,35)/t21-/m0/s1. The van der Waals surface area contributed by atoms with E-state index >= 15 is 0 Å². The van der Waals surface area contributed by atoms with Gasteiger partial charge in [0.25, 0.3) is 5.95 Å². The van der Waals surface area contributed by atoms with Gasteiger partial charge in [0.2, 0.25) is 0 Å². The summed E-state index contributed by atoms with van der Waals surface area (Å²) in [6.45, 7) is 1.54. The molecule has 0 unspecified atom stereocenters.